The van der Waals surface area contributed by atoms with E-state index in [1.807, 2.05) is 0 Å². The van der Waals surface area contributed by atoms with Crippen LogP contribution in [-0.2, 0) is 17.9 Å². The van der Waals surface area contributed by atoms with Crippen LogP contribution in [0.3, 0.4) is 0 Å². The molecule has 2 N–H and O–H groups in total. The standard InChI is InChI=1S/C17H24ClN5O3/c1-2-3-4-9-22-14-13(20-16(18)21-14)15(25)23(17(22)26)10-5-6-11-7-8-12(24)19-11/h11H,2-10H2,1H3,(H,19,24)(H,20,21). The van der Waals surface area contributed by atoms with E-state index in [1.165, 1.54) is 9.13 Å². The van der Waals surface area contributed by atoms with Gasteiger partial charge in [0, 0.05) is 25.6 Å². The summed E-state index contributed by atoms with van der Waals surface area (Å²) in [6, 6.07) is 0.135. The molecule has 1 atom stereocenters. The molecule has 9 heteroatoms. The number of aromatic nitrogens is 4. The summed E-state index contributed by atoms with van der Waals surface area (Å²) in [5.41, 5.74) is -0.162. The zero-order chi connectivity index (χ0) is 18.7. The van der Waals surface area contributed by atoms with Crippen molar-refractivity contribution in [2.75, 3.05) is 0 Å². The minimum atomic E-state index is -0.397. The van der Waals surface area contributed by atoms with E-state index in [0.717, 1.165) is 32.1 Å². The van der Waals surface area contributed by atoms with Crippen LogP contribution in [-0.4, -0.2) is 31.1 Å². The summed E-state index contributed by atoms with van der Waals surface area (Å²) in [6.07, 6.45) is 5.61. The zero-order valence-electron chi connectivity index (χ0n) is 14.9. The molecule has 142 valence electrons. The molecule has 1 amide bonds. The van der Waals surface area contributed by atoms with Crippen molar-refractivity contribution in [1.82, 2.24) is 24.4 Å². The van der Waals surface area contributed by atoms with E-state index >= 15 is 0 Å². The van der Waals surface area contributed by atoms with Crippen LogP contribution in [0.5, 0.6) is 0 Å². The number of carbonyl (C=O) groups is 1. The maximum atomic E-state index is 12.8. The van der Waals surface area contributed by atoms with E-state index in [9.17, 15) is 14.4 Å². The Kier molecular flexibility index (Phi) is 5.80. The van der Waals surface area contributed by atoms with Crippen LogP contribution in [0.1, 0.15) is 51.9 Å². The SMILES string of the molecule is CCCCCn1c(=O)n(CCCC2CCC(=O)N2)c(=O)c2[nH]c(Cl)nc21. The second kappa shape index (κ2) is 8.07. The van der Waals surface area contributed by atoms with Crippen molar-refractivity contribution in [2.45, 2.75) is 71.0 Å². The van der Waals surface area contributed by atoms with Gasteiger partial charge < -0.3 is 10.3 Å². The Morgan fingerprint density at radius 2 is 1.92 bits per heavy atom. The molecule has 3 heterocycles. The number of carbonyl (C=O) groups excluding carboxylic acids is 1. The molecule has 1 aliphatic heterocycles. The molecular formula is C17H24ClN5O3. The highest BCUT2D eigenvalue weighted by molar-refractivity contribution is 6.28. The lowest BCUT2D eigenvalue weighted by Gasteiger charge is -2.13. The van der Waals surface area contributed by atoms with Gasteiger partial charge in [0.1, 0.15) is 0 Å². The molecule has 8 nitrogen and oxygen atoms in total. The summed E-state index contributed by atoms with van der Waals surface area (Å²) < 4.78 is 2.78. The van der Waals surface area contributed by atoms with Crippen LogP contribution in [0.2, 0.25) is 5.28 Å². The van der Waals surface area contributed by atoms with E-state index < -0.39 is 5.56 Å². The first-order valence-corrected chi connectivity index (χ1v) is 9.57. The van der Waals surface area contributed by atoms with Crippen molar-refractivity contribution in [3.8, 4) is 0 Å². The first kappa shape index (κ1) is 18.7. The molecule has 3 rings (SSSR count). The van der Waals surface area contributed by atoms with Gasteiger partial charge in [0.2, 0.25) is 11.2 Å². The number of nitrogens with one attached hydrogen (secondary N) is 2. The topological polar surface area (TPSA) is 102 Å². The minimum Gasteiger partial charge on any atom is -0.353 e. The third kappa shape index (κ3) is 3.85. The average molecular weight is 382 g/mol. The van der Waals surface area contributed by atoms with E-state index in [0.29, 0.717) is 31.6 Å². The van der Waals surface area contributed by atoms with Gasteiger partial charge in [0.15, 0.2) is 11.2 Å². The smallest absolute Gasteiger partial charge is 0.332 e. The first-order chi connectivity index (χ1) is 12.5. The maximum absolute atomic E-state index is 12.8. The molecule has 0 radical (unpaired) electrons. The Labute approximate surface area is 155 Å². The van der Waals surface area contributed by atoms with Crippen molar-refractivity contribution in [2.24, 2.45) is 0 Å². The van der Waals surface area contributed by atoms with Crippen LogP contribution < -0.4 is 16.6 Å². The fourth-order valence-electron chi connectivity index (χ4n) is 3.45. The summed E-state index contributed by atoms with van der Waals surface area (Å²) >= 11 is 5.93. The molecule has 26 heavy (non-hydrogen) atoms. The summed E-state index contributed by atoms with van der Waals surface area (Å²) in [5.74, 6) is 0.0685. The molecular weight excluding hydrogens is 358 g/mol. The van der Waals surface area contributed by atoms with Crippen molar-refractivity contribution < 1.29 is 4.79 Å². The Morgan fingerprint density at radius 1 is 1.15 bits per heavy atom. The third-order valence-corrected chi connectivity index (χ3v) is 5.02. The van der Waals surface area contributed by atoms with Gasteiger partial charge in [-0.1, -0.05) is 19.8 Å². The lowest BCUT2D eigenvalue weighted by atomic mass is 10.1. The predicted molar refractivity (Wildman–Crippen MR) is 99.5 cm³/mol. The lowest BCUT2D eigenvalue weighted by molar-refractivity contribution is -0.119. The number of rotatable bonds is 8. The number of aromatic amines is 1. The zero-order valence-corrected chi connectivity index (χ0v) is 15.6. The van der Waals surface area contributed by atoms with Crippen LogP contribution >= 0.6 is 11.6 Å². The predicted octanol–water partition coefficient (Wildman–Crippen LogP) is 1.79. The second-order valence-corrected chi connectivity index (χ2v) is 7.13. The molecule has 0 aromatic carbocycles. The fraction of sp³-hybridized carbons (Fsp3) is 0.647. The molecule has 0 saturated carbocycles. The van der Waals surface area contributed by atoms with Crippen molar-refractivity contribution >= 4 is 28.7 Å². The third-order valence-electron chi connectivity index (χ3n) is 4.84. The second-order valence-electron chi connectivity index (χ2n) is 6.77. The minimum absolute atomic E-state index is 0.0685. The molecule has 0 aliphatic carbocycles. The van der Waals surface area contributed by atoms with E-state index in [4.69, 9.17) is 11.6 Å². The van der Waals surface area contributed by atoms with Gasteiger partial charge in [-0.05, 0) is 37.3 Å². The van der Waals surface area contributed by atoms with Gasteiger partial charge in [-0.25, -0.2) is 4.79 Å². The maximum Gasteiger partial charge on any atom is 0.332 e. The van der Waals surface area contributed by atoms with Gasteiger partial charge >= 0.3 is 5.69 Å². The molecule has 1 unspecified atom stereocenters. The van der Waals surface area contributed by atoms with E-state index in [1.54, 1.807) is 0 Å². The quantitative estimate of drug-likeness (QED) is 0.537. The highest BCUT2D eigenvalue weighted by atomic mass is 35.5. The van der Waals surface area contributed by atoms with Gasteiger partial charge in [-0.2, -0.15) is 4.98 Å². The lowest BCUT2D eigenvalue weighted by Crippen LogP contribution is -2.40. The molecule has 1 aliphatic rings. The number of hydrogen-bond donors (Lipinski definition) is 2. The number of unbranched alkanes of at least 4 members (excludes halogenated alkanes) is 2. The molecule has 1 fully saturated rings. The normalized spacial score (nSPS) is 17.2. The van der Waals surface area contributed by atoms with Gasteiger partial charge in [-0.3, -0.25) is 18.7 Å². The number of amides is 1. The number of aryl methyl sites for hydroxylation is 1. The summed E-state index contributed by atoms with van der Waals surface area (Å²) in [5, 5.41) is 3.01. The van der Waals surface area contributed by atoms with Crippen molar-refractivity contribution in [1.29, 1.82) is 0 Å². The van der Waals surface area contributed by atoms with Gasteiger partial charge in [0.25, 0.3) is 5.56 Å². The summed E-state index contributed by atoms with van der Waals surface area (Å²) in [7, 11) is 0. The number of fused-ring (bicyclic) bond motifs is 1. The van der Waals surface area contributed by atoms with Crippen LogP contribution in [0, 0.1) is 0 Å². The van der Waals surface area contributed by atoms with Crippen molar-refractivity contribution in [3.63, 3.8) is 0 Å². The van der Waals surface area contributed by atoms with Crippen LogP contribution in [0.15, 0.2) is 9.59 Å². The van der Waals surface area contributed by atoms with E-state index in [-0.39, 0.29) is 28.4 Å². The molecule has 0 bridgehead atoms. The Bertz CT molecular complexity index is 913. The Hall–Kier alpha value is -2.09. The molecule has 1 saturated heterocycles. The molecule has 0 spiro atoms. The number of hydrogen-bond acceptors (Lipinski definition) is 4. The largest absolute Gasteiger partial charge is 0.353 e. The number of nitrogens with zero attached hydrogens (tertiary/aromatic N) is 3. The van der Waals surface area contributed by atoms with E-state index in [2.05, 4.69) is 22.2 Å². The Morgan fingerprint density at radius 3 is 2.62 bits per heavy atom. The summed E-state index contributed by atoms with van der Waals surface area (Å²) in [6.45, 7) is 2.90. The average Bonchev–Trinajstić information content (AvgIpc) is 3.19. The Balaban J connectivity index is 1.85. The highest BCUT2D eigenvalue weighted by Gasteiger charge is 2.21. The van der Waals surface area contributed by atoms with Crippen molar-refractivity contribution in [3.05, 3.63) is 26.1 Å². The summed E-state index contributed by atoms with van der Waals surface area (Å²) in [4.78, 5) is 43.7. The van der Waals surface area contributed by atoms with Gasteiger partial charge in [-0.15, -0.1) is 0 Å². The molecule has 2 aromatic rings. The monoisotopic (exact) mass is 381 g/mol. The molecule has 2 aromatic heterocycles. The van der Waals surface area contributed by atoms with Crippen LogP contribution in [0.4, 0.5) is 0 Å². The number of imidazole rings is 1. The fourth-order valence-corrected chi connectivity index (χ4v) is 3.62. The number of halogens is 1. The highest BCUT2D eigenvalue weighted by Crippen LogP contribution is 2.13. The first-order valence-electron chi connectivity index (χ1n) is 9.19. The number of H-pyrrole nitrogens is 1. The van der Waals surface area contributed by atoms with Crippen LogP contribution in [0.25, 0.3) is 11.2 Å². The van der Waals surface area contributed by atoms with Gasteiger partial charge in [0.05, 0.1) is 0 Å².